The standard InChI is InChI=1S/C24H25ClN2O3/c1-28-22-13-18-9-11-27(25)21(20(18)14-23(22)29-2)12-16-4-6-17(7-5-16)19-8-10-26-15-24(19)30-3/h4-8,10,13-15,21H,9,11-12H2,1-3H3. The number of nitrogens with zero attached hydrogens (tertiary/aromatic N) is 2. The van der Waals surface area contributed by atoms with Crippen LogP contribution in [0.2, 0.25) is 0 Å². The highest BCUT2D eigenvalue weighted by Crippen LogP contribution is 2.40. The van der Waals surface area contributed by atoms with E-state index in [-0.39, 0.29) is 6.04 Å². The van der Waals surface area contributed by atoms with E-state index in [1.54, 1.807) is 33.7 Å². The van der Waals surface area contributed by atoms with Crippen LogP contribution in [0.4, 0.5) is 0 Å². The van der Waals surface area contributed by atoms with Crippen molar-refractivity contribution in [1.29, 1.82) is 0 Å². The molecule has 2 heterocycles. The lowest BCUT2D eigenvalue weighted by molar-refractivity contribution is 0.316. The van der Waals surface area contributed by atoms with Crippen LogP contribution in [0.1, 0.15) is 22.7 Å². The molecule has 0 fully saturated rings. The molecular formula is C24H25ClN2O3. The summed E-state index contributed by atoms with van der Waals surface area (Å²) in [6, 6.07) is 14.7. The van der Waals surface area contributed by atoms with E-state index in [9.17, 15) is 0 Å². The second kappa shape index (κ2) is 8.94. The molecule has 30 heavy (non-hydrogen) atoms. The summed E-state index contributed by atoms with van der Waals surface area (Å²) >= 11 is 6.63. The summed E-state index contributed by atoms with van der Waals surface area (Å²) in [6.07, 6.45) is 5.20. The first-order valence-corrected chi connectivity index (χ1v) is 10.2. The smallest absolute Gasteiger partial charge is 0.161 e. The fourth-order valence-electron chi connectivity index (χ4n) is 4.03. The van der Waals surface area contributed by atoms with Gasteiger partial charge in [-0.2, -0.15) is 0 Å². The number of hydrogen-bond donors (Lipinski definition) is 0. The van der Waals surface area contributed by atoms with Gasteiger partial charge in [0.2, 0.25) is 0 Å². The third kappa shape index (κ3) is 3.95. The SMILES string of the molecule is COc1cc2c(cc1OC)C(Cc1ccc(-c3ccncc3OC)cc1)N(Cl)CC2. The van der Waals surface area contributed by atoms with E-state index in [1.807, 2.05) is 10.5 Å². The molecule has 0 bridgehead atoms. The first-order chi connectivity index (χ1) is 14.6. The Hall–Kier alpha value is -2.76. The van der Waals surface area contributed by atoms with Gasteiger partial charge in [-0.05, 0) is 65.1 Å². The number of halogens is 1. The summed E-state index contributed by atoms with van der Waals surface area (Å²) < 4.78 is 18.3. The van der Waals surface area contributed by atoms with E-state index < -0.39 is 0 Å². The van der Waals surface area contributed by atoms with Crippen molar-refractivity contribution in [3.8, 4) is 28.4 Å². The van der Waals surface area contributed by atoms with Crippen molar-refractivity contribution in [3.05, 3.63) is 71.5 Å². The van der Waals surface area contributed by atoms with E-state index in [0.717, 1.165) is 47.8 Å². The molecule has 6 heteroatoms. The minimum atomic E-state index is 0.0662. The van der Waals surface area contributed by atoms with Gasteiger partial charge in [0.15, 0.2) is 11.5 Å². The van der Waals surface area contributed by atoms with E-state index >= 15 is 0 Å². The number of methoxy groups -OCH3 is 3. The maximum Gasteiger partial charge on any atom is 0.161 e. The fourth-order valence-corrected chi connectivity index (χ4v) is 4.29. The average Bonchev–Trinajstić information content (AvgIpc) is 2.80. The Morgan fingerprint density at radius 1 is 0.967 bits per heavy atom. The Labute approximate surface area is 182 Å². The van der Waals surface area contributed by atoms with Gasteiger partial charge in [0, 0.05) is 18.3 Å². The van der Waals surface area contributed by atoms with Crippen LogP contribution >= 0.6 is 11.8 Å². The van der Waals surface area contributed by atoms with Crippen molar-refractivity contribution in [1.82, 2.24) is 9.40 Å². The van der Waals surface area contributed by atoms with Crippen LogP contribution in [0, 0.1) is 0 Å². The van der Waals surface area contributed by atoms with Crippen molar-refractivity contribution < 1.29 is 14.2 Å². The number of hydrogen-bond acceptors (Lipinski definition) is 5. The first-order valence-electron chi connectivity index (χ1n) is 9.89. The Morgan fingerprint density at radius 3 is 2.37 bits per heavy atom. The number of aromatic nitrogens is 1. The number of pyridine rings is 1. The van der Waals surface area contributed by atoms with Crippen molar-refractivity contribution >= 4 is 11.8 Å². The Kier molecular flexibility index (Phi) is 6.11. The van der Waals surface area contributed by atoms with Crippen LogP contribution in [0.15, 0.2) is 54.9 Å². The van der Waals surface area contributed by atoms with Gasteiger partial charge in [-0.25, -0.2) is 4.42 Å². The lowest BCUT2D eigenvalue weighted by Crippen LogP contribution is -2.29. The van der Waals surface area contributed by atoms with Crippen molar-refractivity contribution in [3.63, 3.8) is 0 Å². The molecule has 1 unspecified atom stereocenters. The molecule has 2 aromatic carbocycles. The molecule has 156 valence electrons. The minimum Gasteiger partial charge on any atom is -0.494 e. The molecule has 5 nitrogen and oxygen atoms in total. The van der Waals surface area contributed by atoms with Crippen LogP contribution in [0.3, 0.4) is 0 Å². The summed E-state index contributed by atoms with van der Waals surface area (Å²) in [5.74, 6) is 2.25. The number of ether oxygens (including phenoxy) is 3. The average molecular weight is 425 g/mol. The summed E-state index contributed by atoms with van der Waals surface area (Å²) in [7, 11) is 4.98. The predicted molar refractivity (Wildman–Crippen MR) is 118 cm³/mol. The molecule has 0 saturated heterocycles. The molecule has 1 aliphatic rings. The number of rotatable bonds is 6. The molecule has 0 N–H and O–H groups in total. The van der Waals surface area contributed by atoms with Crippen molar-refractivity contribution in [2.45, 2.75) is 18.9 Å². The summed E-state index contributed by atoms with van der Waals surface area (Å²) in [5, 5.41) is 0. The zero-order valence-corrected chi connectivity index (χ0v) is 18.1. The maximum absolute atomic E-state index is 6.63. The monoisotopic (exact) mass is 424 g/mol. The summed E-state index contributed by atoms with van der Waals surface area (Å²) in [4.78, 5) is 4.13. The van der Waals surface area contributed by atoms with E-state index in [0.29, 0.717) is 0 Å². The van der Waals surface area contributed by atoms with Gasteiger partial charge in [-0.3, -0.25) is 4.98 Å². The molecule has 0 aliphatic carbocycles. The maximum atomic E-state index is 6.63. The topological polar surface area (TPSA) is 43.8 Å². The number of fused-ring (bicyclic) bond motifs is 1. The van der Waals surface area contributed by atoms with Gasteiger partial charge in [-0.15, -0.1) is 0 Å². The minimum absolute atomic E-state index is 0.0662. The van der Waals surface area contributed by atoms with E-state index in [4.69, 9.17) is 26.0 Å². The lowest BCUT2D eigenvalue weighted by Gasteiger charge is -2.33. The lowest BCUT2D eigenvalue weighted by atomic mass is 9.89. The number of benzene rings is 2. The highest BCUT2D eigenvalue weighted by Gasteiger charge is 2.28. The van der Waals surface area contributed by atoms with Crippen LogP contribution in [-0.2, 0) is 12.8 Å². The van der Waals surface area contributed by atoms with Crippen molar-refractivity contribution in [2.75, 3.05) is 27.9 Å². The predicted octanol–water partition coefficient (Wildman–Crippen LogP) is 5.07. The van der Waals surface area contributed by atoms with E-state index in [2.05, 4.69) is 41.4 Å². The molecule has 3 aromatic rings. The zero-order valence-electron chi connectivity index (χ0n) is 17.4. The van der Waals surface area contributed by atoms with Gasteiger partial charge in [0.05, 0.1) is 33.6 Å². The van der Waals surface area contributed by atoms with Crippen LogP contribution < -0.4 is 14.2 Å². The molecule has 0 amide bonds. The van der Waals surface area contributed by atoms with Crippen LogP contribution in [0.25, 0.3) is 11.1 Å². The van der Waals surface area contributed by atoms with Gasteiger partial charge in [-0.1, -0.05) is 24.3 Å². The first kappa shape index (κ1) is 20.5. The third-order valence-corrected chi connectivity index (χ3v) is 6.04. The second-order valence-electron chi connectivity index (χ2n) is 7.27. The molecule has 1 aromatic heterocycles. The second-order valence-corrected chi connectivity index (χ2v) is 7.71. The molecule has 1 aliphatic heterocycles. The largest absolute Gasteiger partial charge is 0.494 e. The third-order valence-electron chi connectivity index (χ3n) is 5.64. The molecule has 4 rings (SSSR count). The molecule has 1 atom stereocenters. The summed E-state index contributed by atoms with van der Waals surface area (Å²) in [5.41, 5.74) is 5.78. The Morgan fingerprint density at radius 2 is 1.67 bits per heavy atom. The molecule has 0 saturated carbocycles. The normalized spacial score (nSPS) is 16.1. The van der Waals surface area contributed by atoms with Crippen LogP contribution in [-0.4, -0.2) is 37.3 Å². The summed E-state index contributed by atoms with van der Waals surface area (Å²) in [6.45, 7) is 0.793. The highest BCUT2D eigenvalue weighted by atomic mass is 35.5. The Bertz CT molecular complexity index is 1020. The van der Waals surface area contributed by atoms with Gasteiger partial charge in [0.1, 0.15) is 5.75 Å². The van der Waals surface area contributed by atoms with Gasteiger partial charge >= 0.3 is 0 Å². The Balaban J connectivity index is 1.62. The molecule has 0 radical (unpaired) electrons. The quantitative estimate of drug-likeness (QED) is 0.517. The molecular weight excluding hydrogens is 400 g/mol. The van der Waals surface area contributed by atoms with Crippen LogP contribution in [0.5, 0.6) is 17.2 Å². The van der Waals surface area contributed by atoms with Gasteiger partial charge in [0.25, 0.3) is 0 Å². The highest BCUT2D eigenvalue weighted by molar-refractivity contribution is 6.13. The van der Waals surface area contributed by atoms with Gasteiger partial charge < -0.3 is 14.2 Å². The molecule has 0 spiro atoms. The zero-order chi connectivity index (χ0) is 21.1. The van der Waals surface area contributed by atoms with Crippen molar-refractivity contribution in [2.24, 2.45) is 0 Å². The van der Waals surface area contributed by atoms with E-state index in [1.165, 1.54) is 16.7 Å². The fraction of sp³-hybridized carbons (Fsp3) is 0.292.